The van der Waals surface area contributed by atoms with Gasteiger partial charge in [-0.1, -0.05) is 37.3 Å². The van der Waals surface area contributed by atoms with Gasteiger partial charge in [0.1, 0.15) is 29.2 Å². The van der Waals surface area contributed by atoms with Crippen LogP contribution in [0.1, 0.15) is 31.2 Å². The molecule has 0 amide bonds. The molecule has 2 aromatic carbocycles. The van der Waals surface area contributed by atoms with E-state index in [2.05, 4.69) is 15.3 Å². The molecule has 0 saturated carbocycles. The molecule has 4 rings (SSSR count). The van der Waals surface area contributed by atoms with Gasteiger partial charge in [-0.05, 0) is 37.0 Å². The zero-order chi connectivity index (χ0) is 25.9. The summed E-state index contributed by atoms with van der Waals surface area (Å²) in [6.07, 6.45) is -2.61. The molecule has 0 radical (unpaired) electrons. The Morgan fingerprint density at radius 2 is 1.89 bits per heavy atom. The zero-order valence-corrected chi connectivity index (χ0v) is 19.8. The maximum atomic E-state index is 14.2. The van der Waals surface area contributed by atoms with Crippen molar-refractivity contribution in [2.45, 2.75) is 51.2 Å². The molecule has 3 aromatic rings. The molecule has 0 bridgehead atoms. The van der Waals surface area contributed by atoms with Crippen molar-refractivity contribution in [2.24, 2.45) is 5.92 Å². The van der Waals surface area contributed by atoms with E-state index in [1.807, 2.05) is 30.3 Å². The van der Waals surface area contributed by atoms with Crippen LogP contribution < -0.4 is 5.32 Å². The van der Waals surface area contributed by atoms with Crippen LogP contribution >= 0.6 is 0 Å². The average Bonchev–Trinajstić information content (AvgIpc) is 3.25. The summed E-state index contributed by atoms with van der Waals surface area (Å²) in [6, 6.07) is 12.0. The lowest BCUT2D eigenvalue weighted by atomic mass is 9.88. The highest BCUT2D eigenvalue weighted by Crippen LogP contribution is 2.38. The van der Waals surface area contributed by atoms with E-state index in [1.165, 1.54) is 18.5 Å². The largest absolute Gasteiger partial charge is 0.459 e. The Balaban J connectivity index is 1.40. The van der Waals surface area contributed by atoms with Crippen LogP contribution in [0.3, 0.4) is 0 Å². The minimum atomic E-state index is -4.91. The van der Waals surface area contributed by atoms with Crippen molar-refractivity contribution in [3.8, 4) is 0 Å². The molecule has 0 aliphatic carbocycles. The summed E-state index contributed by atoms with van der Waals surface area (Å²) < 4.78 is 67.3. The molecule has 10 heteroatoms. The number of aliphatic hydroxyl groups is 1. The topological polar surface area (TPSA) is 76.5 Å². The molecule has 3 atom stereocenters. The van der Waals surface area contributed by atoms with Crippen LogP contribution in [0, 0.1) is 18.7 Å². The molecule has 0 saturated heterocycles. The molecule has 3 unspecified atom stereocenters. The number of aromatic nitrogens is 2. The van der Waals surface area contributed by atoms with E-state index in [9.17, 15) is 22.7 Å². The van der Waals surface area contributed by atoms with Gasteiger partial charge in [-0.2, -0.15) is 13.2 Å². The number of nitrogens with one attached hydrogen (secondary N) is 1. The van der Waals surface area contributed by atoms with Gasteiger partial charge in [0.05, 0.1) is 6.54 Å². The molecule has 1 aliphatic heterocycles. The number of alkyl halides is 3. The smallest absolute Gasteiger partial charge is 0.418 e. The Labute approximate surface area is 206 Å². The van der Waals surface area contributed by atoms with E-state index in [4.69, 9.17) is 9.47 Å². The van der Waals surface area contributed by atoms with E-state index in [0.29, 0.717) is 18.0 Å². The highest BCUT2D eigenvalue weighted by atomic mass is 19.4. The highest BCUT2D eigenvalue weighted by Gasteiger charge is 2.54. The third-order valence-corrected chi connectivity index (χ3v) is 6.04. The minimum Gasteiger partial charge on any atom is -0.459 e. The lowest BCUT2D eigenvalue weighted by Gasteiger charge is -2.33. The number of hydrogen-bond acceptors (Lipinski definition) is 6. The van der Waals surface area contributed by atoms with Gasteiger partial charge < -0.3 is 19.9 Å². The first-order valence-corrected chi connectivity index (χ1v) is 11.5. The summed E-state index contributed by atoms with van der Waals surface area (Å²) in [5.41, 5.74) is -1.84. The number of halogens is 4. The number of benzene rings is 2. The van der Waals surface area contributed by atoms with Gasteiger partial charge in [0, 0.05) is 30.1 Å². The SMILES string of the molecule is Cc1ncc2c(NCC(O)(CC(C)CC3=COC(Cc4ccccc4)O3)C(F)(F)F)ccc(F)c2n1. The first kappa shape index (κ1) is 25.7. The standard InChI is InChI=1S/C26H27F4N3O3/c1-16(10-19-14-35-23(36-19)11-18-6-4-3-5-7-18)12-25(34,26(28,29)30)15-32-22-9-8-21(27)24-20(22)13-31-17(2)33-24/h3-9,13-14,16,23,32,34H,10-12,15H2,1-2H3. The van der Waals surface area contributed by atoms with Crippen molar-refractivity contribution in [1.29, 1.82) is 0 Å². The molecule has 0 spiro atoms. The van der Waals surface area contributed by atoms with E-state index in [1.54, 1.807) is 13.8 Å². The summed E-state index contributed by atoms with van der Waals surface area (Å²) in [6.45, 7) is 2.36. The maximum absolute atomic E-state index is 14.2. The number of hydrogen-bond donors (Lipinski definition) is 2. The van der Waals surface area contributed by atoms with Crippen molar-refractivity contribution >= 4 is 16.6 Å². The number of ether oxygens (including phenoxy) is 2. The molecule has 192 valence electrons. The van der Waals surface area contributed by atoms with E-state index in [-0.39, 0.29) is 23.0 Å². The Kier molecular flexibility index (Phi) is 7.35. The molecule has 36 heavy (non-hydrogen) atoms. The van der Waals surface area contributed by atoms with Crippen LogP contribution in [-0.4, -0.2) is 39.7 Å². The molecule has 6 nitrogen and oxygen atoms in total. The second-order valence-corrected chi connectivity index (χ2v) is 9.13. The lowest BCUT2D eigenvalue weighted by molar-refractivity contribution is -0.259. The van der Waals surface area contributed by atoms with Gasteiger partial charge in [0.2, 0.25) is 6.29 Å². The number of rotatable bonds is 9. The van der Waals surface area contributed by atoms with Crippen molar-refractivity contribution in [3.05, 3.63) is 77.9 Å². The number of aryl methyl sites for hydroxylation is 1. The molecular formula is C26H27F4N3O3. The Bertz CT molecular complexity index is 1240. The minimum absolute atomic E-state index is 0.00760. The first-order valence-electron chi connectivity index (χ1n) is 11.5. The van der Waals surface area contributed by atoms with Gasteiger partial charge in [-0.25, -0.2) is 14.4 Å². The maximum Gasteiger partial charge on any atom is 0.418 e. The number of nitrogens with zero attached hydrogens (tertiary/aromatic N) is 2. The van der Waals surface area contributed by atoms with Crippen molar-refractivity contribution in [2.75, 3.05) is 11.9 Å². The molecule has 2 N–H and O–H groups in total. The van der Waals surface area contributed by atoms with E-state index in [0.717, 1.165) is 11.6 Å². The van der Waals surface area contributed by atoms with Gasteiger partial charge in [0.15, 0.2) is 5.60 Å². The highest BCUT2D eigenvalue weighted by molar-refractivity contribution is 5.91. The summed E-state index contributed by atoms with van der Waals surface area (Å²) in [5.74, 6) is -0.436. The average molecular weight is 506 g/mol. The predicted octanol–water partition coefficient (Wildman–Crippen LogP) is 5.66. The second-order valence-electron chi connectivity index (χ2n) is 9.13. The Hall–Kier alpha value is -3.40. The Morgan fingerprint density at radius 3 is 2.61 bits per heavy atom. The third kappa shape index (κ3) is 5.87. The van der Waals surface area contributed by atoms with Gasteiger partial charge >= 0.3 is 6.18 Å². The van der Waals surface area contributed by atoms with Crippen molar-refractivity contribution < 1.29 is 32.1 Å². The fraction of sp³-hybridized carbons (Fsp3) is 0.385. The first-order chi connectivity index (χ1) is 17.0. The van der Waals surface area contributed by atoms with Crippen LogP contribution in [0.4, 0.5) is 23.2 Å². The summed E-state index contributed by atoms with van der Waals surface area (Å²) >= 11 is 0. The molecule has 1 aromatic heterocycles. The van der Waals surface area contributed by atoms with Gasteiger partial charge in [-0.15, -0.1) is 0 Å². The Morgan fingerprint density at radius 1 is 1.14 bits per heavy atom. The van der Waals surface area contributed by atoms with E-state index < -0.39 is 42.8 Å². The summed E-state index contributed by atoms with van der Waals surface area (Å²) in [5, 5.41) is 13.5. The van der Waals surface area contributed by atoms with Crippen LogP contribution in [-0.2, 0) is 15.9 Å². The summed E-state index contributed by atoms with van der Waals surface area (Å²) in [7, 11) is 0. The van der Waals surface area contributed by atoms with Gasteiger partial charge in [0.25, 0.3) is 0 Å². The fourth-order valence-corrected chi connectivity index (χ4v) is 4.22. The lowest BCUT2D eigenvalue weighted by Crippen LogP contribution is -2.51. The molecule has 2 heterocycles. The molecular weight excluding hydrogens is 478 g/mol. The van der Waals surface area contributed by atoms with Gasteiger partial charge in [-0.3, -0.25) is 0 Å². The fourth-order valence-electron chi connectivity index (χ4n) is 4.22. The van der Waals surface area contributed by atoms with Crippen LogP contribution in [0.25, 0.3) is 10.9 Å². The molecule has 1 aliphatic rings. The normalized spacial score (nSPS) is 18.2. The predicted molar refractivity (Wildman–Crippen MR) is 126 cm³/mol. The second kappa shape index (κ2) is 10.3. The monoisotopic (exact) mass is 505 g/mol. The number of anilines is 1. The summed E-state index contributed by atoms with van der Waals surface area (Å²) in [4.78, 5) is 8.03. The quantitative estimate of drug-likeness (QED) is 0.366. The van der Waals surface area contributed by atoms with Crippen molar-refractivity contribution in [3.63, 3.8) is 0 Å². The van der Waals surface area contributed by atoms with E-state index >= 15 is 0 Å². The van der Waals surface area contributed by atoms with Crippen molar-refractivity contribution in [1.82, 2.24) is 9.97 Å². The van der Waals surface area contributed by atoms with Crippen LogP contribution in [0.5, 0.6) is 0 Å². The van der Waals surface area contributed by atoms with Crippen LogP contribution in [0.15, 0.2) is 60.7 Å². The molecule has 0 fully saturated rings. The van der Waals surface area contributed by atoms with Crippen LogP contribution in [0.2, 0.25) is 0 Å². The number of allylic oxidation sites excluding steroid dienone is 1. The third-order valence-electron chi connectivity index (χ3n) is 6.04. The number of fused-ring (bicyclic) bond motifs is 1. The zero-order valence-electron chi connectivity index (χ0n) is 19.8.